The number of H-pyrrole nitrogens is 1. The van der Waals surface area contributed by atoms with Gasteiger partial charge in [-0.1, -0.05) is 11.6 Å². The van der Waals surface area contributed by atoms with Crippen molar-refractivity contribution in [2.45, 2.75) is 32.2 Å². The lowest BCUT2D eigenvalue weighted by atomic mass is 9.95. The van der Waals surface area contributed by atoms with Gasteiger partial charge in [-0.2, -0.15) is 5.10 Å². The summed E-state index contributed by atoms with van der Waals surface area (Å²) in [5.41, 5.74) is 2.41. The number of aromatic amines is 1. The molecule has 31 heavy (non-hydrogen) atoms. The van der Waals surface area contributed by atoms with Crippen molar-refractivity contribution in [2.75, 3.05) is 18.0 Å². The van der Waals surface area contributed by atoms with Gasteiger partial charge in [0.2, 0.25) is 0 Å². The molecule has 0 atom stereocenters. The molecule has 1 N–H and O–H groups in total. The van der Waals surface area contributed by atoms with E-state index < -0.39 is 5.82 Å². The molecular formula is C21H22Cl2FN7. The van der Waals surface area contributed by atoms with E-state index in [1.54, 1.807) is 24.7 Å². The minimum absolute atomic E-state index is 0. The summed E-state index contributed by atoms with van der Waals surface area (Å²) in [6, 6.07) is 4.75. The highest BCUT2D eigenvalue weighted by atomic mass is 35.5. The van der Waals surface area contributed by atoms with Gasteiger partial charge in [0.1, 0.15) is 23.8 Å². The number of hydrogen-bond acceptors (Lipinski definition) is 5. The molecule has 1 aliphatic rings. The molecule has 4 aromatic rings. The van der Waals surface area contributed by atoms with Crippen molar-refractivity contribution in [2.24, 2.45) is 0 Å². The summed E-state index contributed by atoms with van der Waals surface area (Å²) in [7, 11) is 0. The second kappa shape index (κ2) is 8.80. The summed E-state index contributed by atoms with van der Waals surface area (Å²) >= 11 is 5.97. The number of aryl methyl sites for hydroxylation is 1. The number of rotatable bonds is 4. The van der Waals surface area contributed by atoms with Crippen LogP contribution >= 0.6 is 24.0 Å². The van der Waals surface area contributed by atoms with Crippen LogP contribution < -0.4 is 4.90 Å². The molecule has 10 heteroatoms. The fraction of sp³-hybridized carbons (Fsp3) is 0.333. The van der Waals surface area contributed by atoms with E-state index in [0.29, 0.717) is 5.92 Å². The van der Waals surface area contributed by atoms with Gasteiger partial charge in [-0.05, 0) is 38.0 Å². The number of piperidine rings is 1. The van der Waals surface area contributed by atoms with Crippen LogP contribution in [0.5, 0.6) is 0 Å². The minimum atomic E-state index is -0.417. The molecule has 5 rings (SSSR count). The van der Waals surface area contributed by atoms with Crippen molar-refractivity contribution >= 4 is 40.9 Å². The number of hydrogen-bond donors (Lipinski definition) is 1. The third kappa shape index (κ3) is 3.97. The maximum atomic E-state index is 13.5. The van der Waals surface area contributed by atoms with Crippen LogP contribution in [0.3, 0.4) is 0 Å². The van der Waals surface area contributed by atoms with Gasteiger partial charge >= 0.3 is 0 Å². The van der Waals surface area contributed by atoms with Crippen LogP contribution in [0.15, 0.2) is 36.9 Å². The maximum Gasteiger partial charge on any atom is 0.160 e. The first-order chi connectivity index (χ1) is 14.6. The zero-order valence-corrected chi connectivity index (χ0v) is 18.5. The maximum absolute atomic E-state index is 13.5. The molecule has 1 fully saturated rings. The third-order valence-corrected chi connectivity index (χ3v) is 6.04. The van der Waals surface area contributed by atoms with Gasteiger partial charge in [-0.25, -0.2) is 19.3 Å². The van der Waals surface area contributed by atoms with Crippen LogP contribution in [0.4, 0.5) is 10.2 Å². The monoisotopic (exact) mass is 461 g/mol. The van der Waals surface area contributed by atoms with Gasteiger partial charge in [0.25, 0.3) is 0 Å². The van der Waals surface area contributed by atoms with Gasteiger partial charge in [0, 0.05) is 37.3 Å². The van der Waals surface area contributed by atoms with Crippen molar-refractivity contribution < 1.29 is 4.39 Å². The fourth-order valence-corrected chi connectivity index (χ4v) is 4.34. The van der Waals surface area contributed by atoms with Crippen LogP contribution in [0.1, 0.15) is 31.5 Å². The molecule has 1 aromatic carbocycles. The lowest BCUT2D eigenvalue weighted by Gasteiger charge is -2.32. The van der Waals surface area contributed by atoms with E-state index in [9.17, 15) is 4.39 Å². The third-order valence-electron chi connectivity index (χ3n) is 5.75. The molecule has 0 unspecified atom stereocenters. The van der Waals surface area contributed by atoms with Crippen LogP contribution in [0, 0.1) is 5.82 Å². The predicted octanol–water partition coefficient (Wildman–Crippen LogP) is 4.83. The van der Waals surface area contributed by atoms with Crippen molar-refractivity contribution in [3.63, 3.8) is 0 Å². The SMILES string of the molecule is CCn1cc(-c2ccc(F)c(Cl)c2)nc1C1CCN(c2ncnc3[nH]ncc23)CC1.Cl. The van der Waals surface area contributed by atoms with Crippen LogP contribution in [0.25, 0.3) is 22.3 Å². The minimum Gasteiger partial charge on any atom is -0.356 e. The van der Waals surface area contributed by atoms with E-state index in [-0.39, 0.29) is 17.4 Å². The Hall–Kier alpha value is -2.71. The zero-order chi connectivity index (χ0) is 20.7. The Kier molecular flexibility index (Phi) is 6.11. The number of aromatic nitrogens is 6. The highest BCUT2D eigenvalue weighted by Gasteiger charge is 2.26. The smallest absolute Gasteiger partial charge is 0.160 e. The Balaban J connectivity index is 0.00000231. The second-order valence-electron chi connectivity index (χ2n) is 7.49. The number of nitrogens with one attached hydrogen (secondary N) is 1. The highest BCUT2D eigenvalue weighted by Crippen LogP contribution is 2.33. The molecule has 0 amide bonds. The fourth-order valence-electron chi connectivity index (χ4n) is 4.16. The predicted molar refractivity (Wildman–Crippen MR) is 121 cm³/mol. The van der Waals surface area contributed by atoms with Crippen molar-refractivity contribution in [1.82, 2.24) is 29.7 Å². The number of nitrogens with zero attached hydrogens (tertiary/aromatic N) is 6. The quantitative estimate of drug-likeness (QED) is 0.470. The molecule has 0 bridgehead atoms. The Labute approximate surface area is 190 Å². The molecule has 4 heterocycles. The summed E-state index contributed by atoms with van der Waals surface area (Å²) < 4.78 is 15.7. The largest absolute Gasteiger partial charge is 0.356 e. The van der Waals surface area contributed by atoms with E-state index in [2.05, 4.69) is 36.6 Å². The van der Waals surface area contributed by atoms with Crippen molar-refractivity contribution in [3.8, 4) is 11.3 Å². The second-order valence-corrected chi connectivity index (χ2v) is 7.90. The molecule has 162 valence electrons. The average molecular weight is 462 g/mol. The first kappa shape index (κ1) is 21.5. The van der Waals surface area contributed by atoms with Gasteiger partial charge in [-0.15, -0.1) is 12.4 Å². The van der Waals surface area contributed by atoms with Crippen LogP contribution in [-0.4, -0.2) is 42.8 Å². The molecule has 1 aliphatic heterocycles. The van der Waals surface area contributed by atoms with Gasteiger partial charge in [0.15, 0.2) is 5.65 Å². The Bertz CT molecular complexity index is 1200. The van der Waals surface area contributed by atoms with Crippen molar-refractivity contribution in [1.29, 1.82) is 0 Å². The van der Waals surface area contributed by atoms with Gasteiger partial charge < -0.3 is 9.47 Å². The van der Waals surface area contributed by atoms with Crippen LogP contribution in [0.2, 0.25) is 5.02 Å². The summed E-state index contributed by atoms with van der Waals surface area (Å²) in [6.07, 6.45) is 7.34. The number of halogens is 3. The van der Waals surface area contributed by atoms with Crippen molar-refractivity contribution in [3.05, 3.63) is 53.6 Å². The number of imidazole rings is 1. The van der Waals surface area contributed by atoms with Gasteiger partial charge in [0.05, 0.1) is 22.3 Å². The Morgan fingerprint density at radius 1 is 1.23 bits per heavy atom. The number of fused-ring (bicyclic) bond motifs is 1. The van der Waals surface area contributed by atoms with E-state index in [1.807, 2.05) is 6.20 Å². The summed E-state index contributed by atoms with van der Waals surface area (Å²) in [4.78, 5) is 15.9. The van der Waals surface area contributed by atoms with Gasteiger partial charge in [-0.3, -0.25) is 5.10 Å². The molecule has 0 radical (unpaired) electrons. The Morgan fingerprint density at radius 3 is 2.77 bits per heavy atom. The van der Waals surface area contributed by atoms with Crippen LogP contribution in [-0.2, 0) is 6.54 Å². The molecule has 0 saturated carbocycles. The highest BCUT2D eigenvalue weighted by molar-refractivity contribution is 6.31. The topological polar surface area (TPSA) is 75.5 Å². The lowest BCUT2D eigenvalue weighted by molar-refractivity contribution is 0.467. The summed E-state index contributed by atoms with van der Waals surface area (Å²) in [5, 5.41) is 8.05. The lowest BCUT2D eigenvalue weighted by Crippen LogP contribution is -2.34. The molecule has 0 aliphatic carbocycles. The molecule has 7 nitrogen and oxygen atoms in total. The van der Waals surface area contributed by atoms with E-state index in [1.165, 1.54) is 6.07 Å². The number of anilines is 1. The molecule has 3 aromatic heterocycles. The molecule has 0 spiro atoms. The summed E-state index contributed by atoms with van der Waals surface area (Å²) in [6.45, 7) is 4.71. The molecule has 1 saturated heterocycles. The standard InChI is InChI=1S/C21H21ClFN7.ClH/c1-2-29-11-18(14-3-4-17(23)16(22)9-14)27-20(29)13-5-7-30(8-6-13)21-15-10-26-28-19(15)24-12-25-21;/h3-4,9-13H,2,5-8H2,1H3,(H,24,25,26,28);1H. The average Bonchev–Trinajstić information content (AvgIpc) is 3.42. The van der Waals surface area contributed by atoms with E-state index in [4.69, 9.17) is 16.6 Å². The first-order valence-corrected chi connectivity index (χ1v) is 10.4. The molecular weight excluding hydrogens is 440 g/mol. The van der Waals surface area contributed by atoms with E-state index in [0.717, 1.165) is 66.4 Å². The summed E-state index contributed by atoms with van der Waals surface area (Å²) in [5.74, 6) is 1.93. The first-order valence-electron chi connectivity index (χ1n) is 10.1. The zero-order valence-electron chi connectivity index (χ0n) is 16.9. The normalized spacial score (nSPS) is 14.7. The number of benzene rings is 1. The Morgan fingerprint density at radius 2 is 2.03 bits per heavy atom. The van der Waals surface area contributed by atoms with E-state index >= 15 is 0 Å².